The molecule has 0 aliphatic carbocycles. The van der Waals surface area contributed by atoms with Gasteiger partial charge < -0.3 is 13.9 Å². The normalized spacial score (nSPS) is 13.6. The van der Waals surface area contributed by atoms with Crippen LogP contribution in [0.3, 0.4) is 0 Å². The minimum absolute atomic E-state index is 0.0718. The van der Waals surface area contributed by atoms with E-state index in [-0.39, 0.29) is 5.43 Å². The molecule has 0 N–H and O–H groups in total. The molecule has 6 heteroatoms. The highest BCUT2D eigenvalue weighted by molar-refractivity contribution is 6.31. The van der Waals surface area contributed by atoms with Gasteiger partial charge in [0.15, 0.2) is 0 Å². The third-order valence-corrected chi connectivity index (χ3v) is 5.91. The molecule has 0 amide bonds. The first-order valence-corrected chi connectivity index (χ1v) is 10.3. The summed E-state index contributed by atoms with van der Waals surface area (Å²) in [7, 11) is 1.61. The maximum atomic E-state index is 13.2. The van der Waals surface area contributed by atoms with Crippen molar-refractivity contribution in [2.45, 2.75) is 13.1 Å². The van der Waals surface area contributed by atoms with Gasteiger partial charge in [-0.1, -0.05) is 41.9 Å². The number of halogens is 1. The molecule has 156 valence electrons. The Bertz CT molecular complexity index is 1310. The molecule has 4 aromatic rings. The molecule has 1 aliphatic heterocycles. The molecule has 0 unspecified atom stereocenters. The van der Waals surface area contributed by atoms with E-state index in [0.29, 0.717) is 36.4 Å². The van der Waals surface area contributed by atoms with E-state index in [0.717, 1.165) is 33.2 Å². The molecule has 0 radical (unpaired) electrons. The number of hydrogen-bond donors (Lipinski definition) is 0. The largest absolute Gasteiger partial charge is 0.497 e. The van der Waals surface area contributed by atoms with Gasteiger partial charge in [-0.25, -0.2) is 0 Å². The SMILES string of the molecule is COc1ccc(-c2coc3c4c(ccc3c2=O)OCN(Cc2ccccc2Cl)C4)cc1. The Morgan fingerprint density at radius 1 is 1.06 bits per heavy atom. The van der Waals surface area contributed by atoms with Crippen LogP contribution in [0.1, 0.15) is 11.1 Å². The predicted molar refractivity (Wildman–Crippen MR) is 121 cm³/mol. The third-order valence-electron chi connectivity index (χ3n) is 5.54. The van der Waals surface area contributed by atoms with Crippen molar-refractivity contribution in [2.24, 2.45) is 0 Å². The van der Waals surface area contributed by atoms with Crippen LogP contribution >= 0.6 is 11.6 Å². The van der Waals surface area contributed by atoms with Gasteiger partial charge in [0.25, 0.3) is 0 Å². The summed E-state index contributed by atoms with van der Waals surface area (Å²) in [5.74, 6) is 1.47. The van der Waals surface area contributed by atoms with Crippen molar-refractivity contribution < 1.29 is 13.9 Å². The minimum atomic E-state index is -0.0718. The molecule has 0 saturated carbocycles. The molecule has 31 heavy (non-hydrogen) atoms. The number of fused-ring (bicyclic) bond motifs is 3. The van der Waals surface area contributed by atoms with E-state index in [9.17, 15) is 4.79 Å². The van der Waals surface area contributed by atoms with Crippen LogP contribution in [0.2, 0.25) is 5.02 Å². The lowest BCUT2D eigenvalue weighted by molar-refractivity contribution is 0.0890. The molecule has 0 bridgehead atoms. The number of ether oxygens (including phenoxy) is 2. The molecule has 2 heterocycles. The second-order valence-corrected chi connectivity index (χ2v) is 7.89. The van der Waals surface area contributed by atoms with Crippen LogP contribution in [0.25, 0.3) is 22.1 Å². The topological polar surface area (TPSA) is 51.9 Å². The zero-order valence-corrected chi connectivity index (χ0v) is 17.7. The number of benzene rings is 3. The minimum Gasteiger partial charge on any atom is -0.497 e. The monoisotopic (exact) mass is 433 g/mol. The molecule has 0 spiro atoms. The van der Waals surface area contributed by atoms with Crippen molar-refractivity contribution >= 4 is 22.6 Å². The van der Waals surface area contributed by atoms with Crippen LogP contribution in [-0.2, 0) is 13.1 Å². The van der Waals surface area contributed by atoms with Gasteiger partial charge in [-0.2, -0.15) is 0 Å². The fraction of sp³-hybridized carbons (Fsp3) is 0.160. The summed E-state index contributed by atoms with van der Waals surface area (Å²) in [5.41, 5.74) is 3.68. The molecule has 1 aliphatic rings. The van der Waals surface area contributed by atoms with E-state index < -0.39 is 0 Å². The highest BCUT2D eigenvalue weighted by Crippen LogP contribution is 2.33. The quantitative estimate of drug-likeness (QED) is 0.427. The summed E-state index contributed by atoms with van der Waals surface area (Å²) in [6, 6.07) is 18.7. The highest BCUT2D eigenvalue weighted by atomic mass is 35.5. The van der Waals surface area contributed by atoms with Gasteiger partial charge in [0.05, 0.1) is 23.6 Å². The van der Waals surface area contributed by atoms with Gasteiger partial charge in [0, 0.05) is 18.1 Å². The first-order chi connectivity index (χ1) is 15.1. The Labute approximate surface area is 184 Å². The standard InChI is InChI=1S/C25H20ClNO4/c1-29-18-8-6-16(7-9-18)21-14-30-25-19(24(21)28)10-11-23-20(25)13-27(15-31-23)12-17-4-2-3-5-22(17)26/h2-11,14H,12-13,15H2,1H3. The van der Waals surface area contributed by atoms with Crippen LogP contribution in [0.5, 0.6) is 11.5 Å². The van der Waals surface area contributed by atoms with Crippen molar-refractivity contribution in [2.75, 3.05) is 13.8 Å². The lowest BCUT2D eigenvalue weighted by Crippen LogP contribution is -2.31. The zero-order valence-electron chi connectivity index (χ0n) is 16.9. The lowest BCUT2D eigenvalue weighted by atomic mass is 10.0. The van der Waals surface area contributed by atoms with E-state index >= 15 is 0 Å². The molecule has 5 nitrogen and oxygen atoms in total. The van der Waals surface area contributed by atoms with E-state index in [1.165, 1.54) is 6.26 Å². The molecule has 1 aromatic heterocycles. The van der Waals surface area contributed by atoms with E-state index in [1.54, 1.807) is 13.2 Å². The van der Waals surface area contributed by atoms with E-state index in [2.05, 4.69) is 4.90 Å². The van der Waals surface area contributed by atoms with Crippen LogP contribution in [-0.4, -0.2) is 18.7 Å². The summed E-state index contributed by atoms with van der Waals surface area (Å²) in [6.45, 7) is 1.68. The third kappa shape index (κ3) is 3.67. The van der Waals surface area contributed by atoms with Gasteiger partial charge in [-0.05, 0) is 41.5 Å². The predicted octanol–water partition coefficient (Wildman–Crippen LogP) is 5.47. The Morgan fingerprint density at radius 3 is 2.65 bits per heavy atom. The van der Waals surface area contributed by atoms with Gasteiger partial charge in [0.1, 0.15) is 30.1 Å². The Morgan fingerprint density at radius 2 is 1.87 bits per heavy atom. The van der Waals surface area contributed by atoms with Crippen LogP contribution in [0.4, 0.5) is 0 Å². The molecule has 5 rings (SSSR count). The lowest BCUT2D eigenvalue weighted by Gasteiger charge is -2.29. The first kappa shape index (κ1) is 19.7. The Kier molecular flexibility index (Phi) is 5.14. The van der Waals surface area contributed by atoms with Crippen LogP contribution in [0, 0.1) is 0 Å². The van der Waals surface area contributed by atoms with Crippen molar-refractivity contribution in [1.29, 1.82) is 0 Å². The van der Waals surface area contributed by atoms with E-state index in [1.807, 2.05) is 54.6 Å². The van der Waals surface area contributed by atoms with Crippen molar-refractivity contribution in [3.63, 3.8) is 0 Å². The van der Waals surface area contributed by atoms with Gasteiger partial charge >= 0.3 is 0 Å². The summed E-state index contributed by atoms with van der Waals surface area (Å²) in [6.07, 6.45) is 1.53. The second kappa shape index (κ2) is 8.10. The molecule has 0 fully saturated rings. The molecule has 0 atom stereocenters. The van der Waals surface area contributed by atoms with Crippen LogP contribution < -0.4 is 14.9 Å². The van der Waals surface area contributed by atoms with Gasteiger partial charge in [0.2, 0.25) is 5.43 Å². The molecular formula is C25H20ClNO4. The number of hydrogen-bond acceptors (Lipinski definition) is 5. The number of methoxy groups -OCH3 is 1. The highest BCUT2D eigenvalue weighted by Gasteiger charge is 2.23. The smallest absolute Gasteiger partial charge is 0.200 e. The number of rotatable bonds is 4. The second-order valence-electron chi connectivity index (χ2n) is 7.48. The maximum Gasteiger partial charge on any atom is 0.200 e. The first-order valence-electron chi connectivity index (χ1n) is 9.94. The maximum absolute atomic E-state index is 13.2. The Balaban J connectivity index is 1.51. The van der Waals surface area contributed by atoms with Gasteiger partial charge in [-0.3, -0.25) is 9.69 Å². The Hall–Kier alpha value is -3.28. The van der Waals surface area contributed by atoms with Crippen LogP contribution in [0.15, 0.2) is 76.1 Å². The summed E-state index contributed by atoms with van der Waals surface area (Å²) < 4.78 is 17.1. The molecule has 3 aromatic carbocycles. The fourth-order valence-electron chi connectivity index (χ4n) is 3.89. The zero-order chi connectivity index (χ0) is 21.4. The van der Waals surface area contributed by atoms with E-state index in [4.69, 9.17) is 25.5 Å². The van der Waals surface area contributed by atoms with Crippen molar-refractivity contribution in [3.05, 3.63) is 93.3 Å². The average Bonchev–Trinajstić information content (AvgIpc) is 2.81. The molecule has 0 saturated heterocycles. The summed E-state index contributed by atoms with van der Waals surface area (Å²) in [5, 5.41) is 1.26. The molecular weight excluding hydrogens is 414 g/mol. The summed E-state index contributed by atoms with van der Waals surface area (Å²) in [4.78, 5) is 15.3. The van der Waals surface area contributed by atoms with Gasteiger partial charge in [-0.15, -0.1) is 0 Å². The van der Waals surface area contributed by atoms with Crippen molar-refractivity contribution in [3.8, 4) is 22.6 Å². The summed E-state index contributed by atoms with van der Waals surface area (Å²) >= 11 is 6.32. The van der Waals surface area contributed by atoms with Crippen molar-refractivity contribution in [1.82, 2.24) is 4.90 Å². The average molecular weight is 434 g/mol. The number of nitrogens with zero attached hydrogens (tertiary/aromatic N) is 1. The fourth-order valence-corrected chi connectivity index (χ4v) is 4.09.